The monoisotopic (exact) mass is 429 g/mol. The molecule has 11 heteroatoms. The molecule has 0 spiro atoms. The smallest absolute Gasteiger partial charge is 0.423 e. The maximum atomic E-state index is 13.6. The number of carboxylic acid groups (broad SMARTS) is 1. The summed E-state index contributed by atoms with van der Waals surface area (Å²) in [7, 11) is 1.49. The SMILES string of the molecule is COc1ccc(Cn2ncc(N[C@H](C)COCCC(=O)O)c(C(F)(F)F)c2=O)cc1. The van der Waals surface area contributed by atoms with Crippen molar-refractivity contribution < 1.29 is 32.5 Å². The van der Waals surface area contributed by atoms with Crippen molar-refractivity contribution in [3.63, 3.8) is 0 Å². The van der Waals surface area contributed by atoms with Crippen LogP contribution < -0.4 is 15.6 Å². The molecule has 1 aromatic carbocycles. The van der Waals surface area contributed by atoms with Crippen LogP contribution in [-0.4, -0.2) is 47.2 Å². The molecule has 0 radical (unpaired) electrons. The van der Waals surface area contributed by atoms with E-state index in [9.17, 15) is 22.8 Å². The Kier molecular flexibility index (Phi) is 7.81. The fourth-order valence-electron chi connectivity index (χ4n) is 2.62. The lowest BCUT2D eigenvalue weighted by Crippen LogP contribution is -2.34. The molecule has 2 N–H and O–H groups in total. The average Bonchev–Trinajstić information content (AvgIpc) is 2.67. The number of rotatable bonds is 10. The number of aromatic nitrogens is 2. The highest BCUT2D eigenvalue weighted by Gasteiger charge is 2.38. The van der Waals surface area contributed by atoms with Gasteiger partial charge in [0.05, 0.1) is 45.2 Å². The van der Waals surface area contributed by atoms with Gasteiger partial charge in [-0.15, -0.1) is 0 Å². The average molecular weight is 429 g/mol. The van der Waals surface area contributed by atoms with E-state index in [-0.39, 0.29) is 26.2 Å². The van der Waals surface area contributed by atoms with E-state index in [0.29, 0.717) is 11.3 Å². The van der Waals surface area contributed by atoms with E-state index < -0.39 is 35.0 Å². The topological polar surface area (TPSA) is 103 Å². The summed E-state index contributed by atoms with van der Waals surface area (Å²) in [5.74, 6) is -0.464. The van der Waals surface area contributed by atoms with E-state index >= 15 is 0 Å². The summed E-state index contributed by atoms with van der Waals surface area (Å²) in [5, 5.41) is 15.0. The van der Waals surface area contributed by atoms with Crippen LogP contribution in [0.1, 0.15) is 24.5 Å². The zero-order valence-corrected chi connectivity index (χ0v) is 16.4. The van der Waals surface area contributed by atoms with Gasteiger partial charge in [-0.05, 0) is 24.6 Å². The number of hydrogen-bond acceptors (Lipinski definition) is 6. The van der Waals surface area contributed by atoms with Gasteiger partial charge in [0.25, 0.3) is 5.56 Å². The van der Waals surface area contributed by atoms with Gasteiger partial charge in [0.1, 0.15) is 11.3 Å². The molecule has 8 nitrogen and oxygen atoms in total. The molecule has 0 aliphatic heterocycles. The highest BCUT2D eigenvalue weighted by atomic mass is 19.4. The van der Waals surface area contributed by atoms with Crippen LogP contribution in [-0.2, 0) is 22.3 Å². The van der Waals surface area contributed by atoms with Gasteiger partial charge in [-0.2, -0.15) is 18.3 Å². The number of carbonyl (C=O) groups is 1. The fraction of sp³-hybridized carbons (Fsp3) is 0.421. The molecule has 0 amide bonds. The van der Waals surface area contributed by atoms with E-state index in [0.717, 1.165) is 10.9 Å². The summed E-state index contributed by atoms with van der Waals surface area (Å²) in [5.41, 5.74) is -2.52. The summed E-state index contributed by atoms with van der Waals surface area (Å²) in [4.78, 5) is 23.0. The van der Waals surface area contributed by atoms with E-state index in [2.05, 4.69) is 10.4 Å². The molecule has 1 atom stereocenters. The van der Waals surface area contributed by atoms with E-state index in [1.807, 2.05) is 0 Å². The predicted molar refractivity (Wildman–Crippen MR) is 102 cm³/mol. The second-order valence-corrected chi connectivity index (χ2v) is 6.51. The highest BCUT2D eigenvalue weighted by Crippen LogP contribution is 2.32. The Morgan fingerprint density at radius 3 is 2.53 bits per heavy atom. The lowest BCUT2D eigenvalue weighted by atomic mass is 10.2. The summed E-state index contributed by atoms with van der Waals surface area (Å²) >= 11 is 0. The maximum absolute atomic E-state index is 13.6. The second kappa shape index (κ2) is 10.1. The molecular weight excluding hydrogens is 407 g/mol. The first-order chi connectivity index (χ1) is 14.1. The van der Waals surface area contributed by atoms with Crippen molar-refractivity contribution >= 4 is 11.7 Å². The minimum atomic E-state index is -4.89. The Balaban J connectivity index is 2.20. The Labute approximate surface area is 170 Å². The third-order valence-electron chi connectivity index (χ3n) is 4.05. The van der Waals surface area contributed by atoms with Gasteiger partial charge in [-0.1, -0.05) is 12.1 Å². The predicted octanol–water partition coefficient (Wildman–Crippen LogP) is 2.61. The molecule has 0 fully saturated rings. The maximum Gasteiger partial charge on any atom is 0.423 e. The van der Waals surface area contributed by atoms with Gasteiger partial charge in [0.2, 0.25) is 0 Å². The first kappa shape index (κ1) is 23.2. The number of ether oxygens (including phenoxy) is 2. The van der Waals surface area contributed by atoms with Crippen molar-refractivity contribution in [1.82, 2.24) is 9.78 Å². The van der Waals surface area contributed by atoms with E-state index in [4.69, 9.17) is 14.6 Å². The molecular formula is C19H22F3N3O5. The zero-order valence-electron chi connectivity index (χ0n) is 16.4. The Hall–Kier alpha value is -3.08. The summed E-state index contributed by atoms with van der Waals surface area (Å²) < 4.78 is 51.6. The second-order valence-electron chi connectivity index (χ2n) is 6.51. The normalized spacial score (nSPS) is 12.4. The number of benzene rings is 1. The van der Waals surface area contributed by atoms with Gasteiger partial charge in [0, 0.05) is 6.04 Å². The number of nitrogens with one attached hydrogen (secondary N) is 1. The number of carboxylic acids is 1. The van der Waals surface area contributed by atoms with Crippen LogP contribution in [0.3, 0.4) is 0 Å². The number of alkyl halides is 3. The Morgan fingerprint density at radius 2 is 1.97 bits per heavy atom. The summed E-state index contributed by atoms with van der Waals surface area (Å²) in [6.07, 6.45) is -4.17. The van der Waals surface area contributed by atoms with Crippen molar-refractivity contribution in [3.05, 3.63) is 51.9 Å². The molecule has 0 saturated carbocycles. The van der Waals surface area contributed by atoms with E-state index in [1.54, 1.807) is 31.2 Å². The zero-order chi connectivity index (χ0) is 22.3. The van der Waals surface area contributed by atoms with Crippen molar-refractivity contribution in [2.75, 3.05) is 25.6 Å². The molecule has 0 bridgehead atoms. The van der Waals surface area contributed by atoms with Crippen molar-refractivity contribution in [2.24, 2.45) is 0 Å². The number of nitrogens with zero attached hydrogens (tertiary/aromatic N) is 2. The molecule has 30 heavy (non-hydrogen) atoms. The number of aliphatic carboxylic acids is 1. The molecule has 2 aromatic rings. The standard InChI is InChI=1S/C19H22F3N3O5/c1-12(11-30-8-7-16(26)27)24-15-9-23-25(18(28)17(15)19(20,21)22)10-13-3-5-14(29-2)6-4-13/h3-6,9,12,24H,7-8,10-11H2,1-2H3,(H,26,27)/t12-/m1/s1. The first-order valence-corrected chi connectivity index (χ1v) is 8.98. The molecule has 0 unspecified atom stereocenters. The molecule has 0 aliphatic rings. The number of hydrogen-bond donors (Lipinski definition) is 2. The van der Waals surface area contributed by atoms with Crippen LogP contribution in [0.5, 0.6) is 5.75 Å². The quantitative estimate of drug-likeness (QED) is 0.560. The van der Waals surface area contributed by atoms with Crippen LogP contribution in [0, 0.1) is 0 Å². The van der Waals surface area contributed by atoms with Crippen LogP contribution in [0.2, 0.25) is 0 Å². The minimum Gasteiger partial charge on any atom is -0.497 e. The number of anilines is 1. The van der Waals surface area contributed by atoms with Gasteiger partial charge in [-0.25, -0.2) is 4.68 Å². The third-order valence-corrected chi connectivity index (χ3v) is 4.05. The molecule has 2 rings (SSSR count). The van der Waals surface area contributed by atoms with Crippen LogP contribution in [0.25, 0.3) is 0 Å². The van der Waals surface area contributed by atoms with Crippen LogP contribution in [0.4, 0.5) is 18.9 Å². The summed E-state index contributed by atoms with van der Waals surface area (Å²) in [6.45, 7) is 1.29. The molecule has 0 saturated heterocycles. The fourth-order valence-corrected chi connectivity index (χ4v) is 2.62. The Bertz CT molecular complexity index is 913. The Morgan fingerprint density at radius 1 is 1.30 bits per heavy atom. The molecule has 0 aliphatic carbocycles. The van der Waals surface area contributed by atoms with Crippen molar-refractivity contribution in [2.45, 2.75) is 32.1 Å². The minimum absolute atomic E-state index is 0.0422. The molecule has 164 valence electrons. The van der Waals surface area contributed by atoms with E-state index in [1.165, 1.54) is 7.11 Å². The number of halogens is 3. The number of methoxy groups -OCH3 is 1. The van der Waals surface area contributed by atoms with Crippen LogP contribution >= 0.6 is 0 Å². The van der Waals surface area contributed by atoms with Gasteiger partial charge in [-0.3, -0.25) is 9.59 Å². The van der Waals surface area contributed by atoms with Gasteiger partial charge in [0.15, 0.2) is 0 Å². The van der Waals surface area contributed by atoms with Gasteiger partial charge < -0.3 is 19.9 Å². The summed E-state index contributed by atoms with van der Waals surface area (Å²) in [6, 6.07) is 5.91. The van der Waals surface area contributed by atoms with Crippen molar-refractivity contribution in [1.29, 1.82) is 0 Å². The largest absolute Gasteiger partial charge is 0.497 e. The van der Waals surface area contributed by atoms with Crippen molar-refractivity contribution in [3.8, 4) is 5.75 Å². The first-order valence-electron chi connectivity index (χ1n) is 8.98. The molecule has 1 heterocycles. The third kappa shape index (κ3) is 6.48. The van der Waals surface area contributed by atoms with Crippen LogP contribution in [0.15, 0.2) is 35.3 Å². The molecule has 1 aromatic heterocycles. The lowest BCUT2D eigenvalue weighted by molar-refractivity contribution is -0.139. The lowest BCUT2D eigenvalue weighted by Gasteiger charge is -2.19. The highest BCUT2D eigenvalue weighted by molar-refractivity contribution is 5.66. The van der Waals surface area contributed by atoms with Gasteiger partial charge >= 0.3 is 12.1 Å².